The molecule has 0 aliphatic heterocycles. The lowest BCUT2D eigenvalue weighted by Gasteiger charge is -2.23. The second kappa shape index (κ2) is 4.45. The molecule has 1 unspecified atom stereocenters. The minimum Gasteiger partial charge on any atom is -0.335 e. The van der Waals surface area contributed by atoms with Gasteiger partial charge in [0.15, 0.2) is 0 Å². The minimum absolute atomic E-state index is 0.322. The molecule has 0 saturated heterocycles. The van der Waals surface area contributed by atoms with E-state index in [0.29, 0.717) is 6.04 Å². The van der Waals surface area contributed by atoms with Crippen molar-refractivity contribution < 1.29 is 0 Å². The lowest BCUT2D eigenvalue weighted by atomic mass is 9.88. The van der Waals surface area contributed by atoms with Gasteiger partial charge >= 0.3 is 0 Å². The Labute approximate surface area is 103 Å². The second-order valence-corrected chi connectivity index (χ2v) is 5.75. The van der Waals surface area contributed by atoms with E-state index in [1.807, 2.05) is 6.20 Å². The second-order valence-electron chi connectivity index (χ2n) is 5.75. The standard InChI is InChI=1S/C14H23N3/c1-2-17-8-7-16-13(17)9-12(15)14(10-3-4-10)11-5-6-11/h7-8,10-12,14H,2-6,9,15H2,1H3. The van der Waals surface area contributed by atoms with Gasteiger partial charge in [-0.05, 0) is 50.4 Å². The number of nitrogens with zero attached hydrogens (tertiary/aromatic N) is 2. The van der Waals surface area contributed by atoms with Crippen LogP contribution in [0.2, 0.25) is 0 Å². The molecule has 3 nitrogen and oxygen atoms in total. The molecule has 0 radical (unpaired) electrons. The van der Waals surface area contributed by atoms with E-state index in [1.165, 1.54) is 31.5 Å². The van der Waals surface area contributed by atoms with Crippen molar-refractivity contribution in [1.82, 2.24) is 9.55 Å². The minimum atomic E-state index is 0.322. The maximum absolute atomic E-state index is 6.46. The van der Waals surface area contributed by atoms with Crippen molar-refractivity contribution in [2.24, 2.45) is 23.5 Å². The molecular weight excluding hydrogens is 210 g/mol. The van der Waals surface area contributed by atoms with Gasteiger partial charge in [0, 0.05) is 31.4 Å². The predicted molar refractivity (Wildman–Crippen MR) is 68.5 cm³/mol. The van der Waals surface area contributed by atoms with Crippen molar-refractivity contribution in [2.45, 2.75) is 51.6 Å². The summed E-state index contributed by atoms with van der Waals surface area (Å²) in [5, 5.41) is 0. The van der Waals surface area contributed by atoms with Crippen molar-refractivity contribution in [3.63, 3.8) is 0 Å². The highest BCUT2D eigenvalue weighted by Gasteiger charge is 2.44. The first-order valence-electron chi connectivity index (χ1n) is 7.05. The SMILES string of the molecule is CCn1ccnc1CC(N)C(C1CC1)C1CC1. The molecule has 1 aromatic rings. The fraction of sp³-hybridized carbons (Fsp3) is 0.786. The third-order valence-corrected chi connectivity index (χ3v) is 4.39. The van der Waals surface area contributed by atoms with E-state index in [9.17, 15) is 0 Å². The third kappa shape index (κ3) is 2.39. The molecule has 1 heterocycles. The molecule has 2 N–H and O–H groups in total. The molecule has 2 saturated carbocycles. The van der Waals surface area contributed by atoms with Crippen molar-refractivity contribution in [3.05, 3.63) is 18.2 Å². The molecule has 2 aliphatic rings. The van der Waals surface area contributed by atoms with Gasteiger partial charge in [0.25, 0.3) is 0 Å². The quantitative estimate of drug-likeness (QED) is 0.818. The maximum atomic E-state index is 6.46. The zero-order valence-electron chi connectivity index (χ0n) is 10.7. The summed E-state index contributed by atoms with van der Waals surface area (Å²) in [5.41, 5.74) is 6.46. The van der Waals surface area contributed by atoms with E-state index in [1.54, 1.807) is 0 Å². The van der Waals surface area contributed by atoms with Crippen LogP contribution in [0.1, 0.15) is 38.4 Å². The molecule has 1 atom stereocenters. The van der Waals surface area contributed by atoms with Crippen LogP contribution in [-0.4, -0.2) is 15.6 Å². The summed E-state index contributed by atoms with van der Waals surface area (Å²) in [4.78, 5) is 4.45. The highest BCUT2D eigenvalue weighted by Crippen LogP contribution is 2.50. The molecule has 2 fully saturated rings. The van der Waals surface area contributed by atoms with Gasteiger partial charge in [0.2, 0.25) is 0 Å². The van der Waals surface area contributed by atoms with Crippen LogP contribution in [0.4, 0.5) is 0 Å². The first-order valence-corrected chi connectivity index (χ1v) is 7.05. The van der Waals surface area contributed by atoms with E-state index in [4.69, 9.17) is 5.73 Å². The Balaban J connectivity index is 1.66. The average Bonchev–Trinajstić information content (AvgIpc) is 3.22. The van der Waals surface area contributed by atoms with Crippen LogP contribution in [0, 0.1) is 17.8 Å². The summed E-state index contributed by atoms with van der Waals surface area (Å²) in [6.45, 7) is 3.16. The summed E-state index contributed by atoms with van der Waals surface area (Å²) < 4.78 is 2.22. The fourth-order valence-electron chi connectivity index (χ4n) is 3.21. The Morgan fingerprint density at radius 2 is 2.00 bits per heavy atom. The summed E-state index contributed by atoms with van der Waals surface area (Å²) in [6, 6.07) is 0.322. The lowest BCUT2D eigenvalue weighted by Crippen LogP contribution is -2.35. The van der Waals surface area contributed by atoms with Crippen molar-refractivity contribution in [2.75, 3.05) is 0 Å². The Bertz CT molecular complexity index is 365. The van der Waals surface area contributed by atoms with E-state index >= 15 is 0 Å². The van der Waals surface area contributed by atoms with Crippen molar-refractivity contribution in [3.8, 4) is 0 Å². The van der Waals surface area contributed by atoms with Crippen LogP contribution in [0.3, 0.4) is 0 Å². The van der Waals surface area contributed by atoms with Gasteiger partial charge in [-0.15, -0.1) is 0 Å². The molecule has 17 heavy (non-hydrogen) atoms. The van der Waals surface area contributed by atoms with Crippen LogP contribution in [0.5, 0.6) is 0 Å². The maximum Gasteiger partial charge on any atom is 0.110 e. The Morgan fingerprint density at radius 1 is 1.35 bits per heavy atom. The van der Waals surface area contributed by atoms with Gasteiger partial charge in [0.1, 0.15) is 5.82 Å². The van der Waals surface area contributed by atoms with Crippen molar-refractivity contribution in [1.29, 1.82) is 0 Å². The highest BCUT2D eigenvalue weighted by molar-refractivity contribution is 5.02. The van der Waals surface area contributed by atoms with Crippen LogP contribution in [0.15, 0.2) is 12.4 Å². The lowest BCUT2D eigenvalue weighted by molar-refractivity contribution is 0.323. The monoisotopic (exact) mass is 233 g/mol. The molecule has 94 valence electrons. The molecule has 0 aromatic carbocycles. The smallest absolute Gasteiger partial charge is 0.110 e. The van der Waals surface area contributed by atoms with Gasteiger partial charge in [-0.25, -0.2) is 4.98 Å². The van der Waals surface area contributed by atoms with Crippen LogP contribution in [0.25, 0.3) is 0 Å². The highest BCUT2D eigenvalue weighted by atomic mass is 15.1. The Kier molecular flexibility index (Phi) is 2.95. The molecule has 3 heteroatoms. The normalized spacial score (nSPS) is 22.1. The first-order chi connectivity index (χ1) is 8.29. The number of aromatic nitrogens is 2. The van der Waals surface area contributed by atoms with E-state index in [2.05, 4.69) is 22.7 Å². The Morgan fingerprint density at radius 3 is 2.53 bits per heavy atom. The van der Waals surface area contributed by atoms with Crippen molar-refractivity contribution >= 4 is 0 Å². The molecule has 0 amide bonds. The number of nitrogens with two attached hydrogens (primary N) is 1. The van der Waals surface area contributed by atoms with E-state index in [0.717, 1.165) is 30.7 Å². The number of aryl methyl sites for hydroxylation is 1. The number of hydrogen-bond donors (Lipinski definition) is 1. The van der Waals surface area contributed by atoms with Gasteiger partial charge in [-0.1, -0.05) is 0 Å². The van der Waals surface area contributed by atoms with Crippen LogP contribution in [-0.2, 0) is 13.0 Å². The summed E-state index contributed by atoms with van der Waals surface area (Å²) >= 11 is 0. The summed E-state index contributed by atoms with van der Waals surface area (Å²) in [6.07, 6.45) is 10.6. The van der Waals surface area contributed by atoms with E-state index in [-0.39, 0.29) is 0 Å². The number of imidazole rings is 1. The molecule has 0 bridgehead atoms. The molecule has 0 spiro atoms. The van der Waals surface area contributed by atoms with Gasteiger partial charge in [-0.3, -0.25) is 0 Å². The van der Waals surface area contributed by atoms with Gasteiger partial charge < -0.3 is 10.3 Å². The summed E-state index contributed by atoms with van der Waals surface area (Å²) in [5.74, 6) is 3.81. The zero-order chi connectivity index (χ0) is 11.8. The topological polar surface area (TPSA) is 43.8 Å². The molecular formula is C14H23N3. The molecule has 2 aliphatic carbocycles. The Hall–Kier alpha value is -0.830. The fourth-order valence-corrected chi connectivity index (χ4v) is 3.21. The number of rotatable bonds is 6. The predicted octanol–water partition coefficient (Wildman–Crippen LogP) is 2.21. The number of hydrogen-bond acceptors (Lipinski definition) is 2. The molecule has 3 rings (SSSR count). The van der Waals surface area contributed by atoms with E-state index < -0.39 is 0 Å². The van der Waals surface area contributed by atoms with Crippen LogP contribution < -0.4 is 5.73 Å². The average molecular weight is 233 g/mol. The summed E-state index contributed by atoms with van der Waals surface area (Å²) in [7, 11) is 0. The van der Waals surface area contributed by atoms with Crippen LogP contribution >= 0.6 is 0 Å². The third-order valence-electron chi connectivity index (χ3n) is 4.39. The molecule has 1 aromatic heterocycles. The zero-order valence-corrected chi connectivity index (χ0v) is 10.7. The van der Waals surface area contributed by atoms with Gasteiger partial charge in [0.05, 0.1) is 0 Å². The van der Waals surface area contributed by atoms with Gasteiger partial charge in [-0.2, -0.15) is 0 Å². The first kappa shape index (κ1) is 11.3. The largest absolute Gasteiger partial charge is 0.335 e.